The summed E-state index contributed by atoms with van der Waals surface area (Å²) < 4.78 is 31.9. The van der Waals surface area contributed by atoms with E-state index in [2.05, 4.69) is 10.0 Å². The molecule has 1 unspecified atom stereocenters. The molecule has 1 saturated heterocycles. The molecule has 1 heterocycles. The van der Waals surface area contributed by atoms with Crippen molar-refractivity contribution in [3.05, 3.63) is 0 Å². The molecule has 2 fully saturated rings. The third-order valence-corrected chi connectivity index (χ3v) is 5.16. The van der Waals surface area contributed by atoms with Crippen LogP contribution in [-0.2, 0) is 14.8 Å². The first-order valence-corrected chi connectivity index (χ1v) is 9.09. The molecule has 1 atom stereocenters. The van der Waals surface area contributed by atoms with Crippen LogP contribution in [0.2, 0.25) is 0 Å². The minimum Gasteiger partial charge on any atom is -0.381 e. The molecular weight excluding hydrogens is 264 g/mol. The Morgan fingerprint density at radius 2 is 2.05 bits per heavy atom. The van der Waals surface area contributed by atoms with Crippen molar-refractivity contribution >= 4 is 10.0 Å². The molecule has 112 valence electrons. The molecule has 0 aromatic carbocycles. The van der Waals surface area contributed by atoms with Crippen LogP contribution < -0.4 is 10.0 Å². The van der Waals surface area contributed by atoms with Gasteiger partial charge in [-0.15, -0.1) is 0 Å². The van der Waals surface area contributed by atoms with Gasteiger partial charge < -0.3 is 10.1 Å². The second-order valence-electron chi connectivity index (χ2n) is 5.69. The van der Waals surface area contributed by atoms with Gasteiger partial charge in [-0.3, -0.25) is 0 Å². The zero-order chi connectivity index (χ0) is 13.6. The van der Waals surface area contributed by atoms with Crippen molar-refractivity contribution < 1.29 is 13.2 Å². The van der Waals surface area contributed by atoms with E-state index in [0.29, 0.717) is 13.2 Å². The predicted octanol–water partition coefficient (Wildman–Crippen LogP) is 0.865. The predicted molar refractivity (Wildman–Crippen MR) is 75.6 cm³/mol. The van der Waals surface area contributed by atoms with Gasteiger partial charge in [-0.2, -0.15) is 0 Å². The number of hydrogen-bond acceptors (Lipinski definition) is 4. The van der Waals surface area contributed by atoms with Crippen LogP contribution in [0.25, 0.3) is 0 Å². The first-order chi connectivity index (χ1) is 9.16. The third kappa shape index (κ3) is 6.70. The van der Waals surface area contributed by atoms with Gasteiger partial charge >= 0.3 is 0 Å². The monoisotopic (exact) mass is 290 g/mol. The van der Waals surface area contributed by atoms with Gasteiger partial charge in [0.1, 0.15) is 0 Å². The maximum absolute atomic E-state index is 11.9. The molecular formula is C13H26N2O3S. The van der Waals surface area contributed by atoms with Crippen LogP contribution in [0.3, 0.4) is 0 Å². The maximum Gasteiger partial charge on any atom is 0.213 e. The maximum atomic E-state index is 11.9. The molecule has 0 spiro atoms. The highest BCUT2D eigenvalue weighted by atomic mass is 32.2. The van der Waals surface area contributed by atoms with Crippen molar-refractivity contribution in [1.29, 1.82) is 0 Å². The van der Waals surface area contributed by atoms with Gasteiger partial charge in [-0.1, -0.05) is 6.42 Å². The summed E-state index contributed by atoms with van der Waals surface area (Å²) in [6, 6.07) is 0.123. The number of hydrogen-bond donors (Lipinski definition) is 2. The number of sulfonamides is 1. The van der Waals surface area contributed by atoms with Crippen molar-refractivity contribution in [3.8, 4) is 0 Å². The minimum absolute atomic E-state index is 0.123. The van der Waals surface area contributed by atoms with E-state index >= 15 is 0 Å². The summed E-state index contributed by atoms with van der Waals surface area (Å²) in [6.45, 7) is 2.92. The molecule has 2 aliphatic rings. The lowest BCUT2D eigenvalue weighted by molar-refractivity contribution is 0.123. The Hall–Kier alpha value is -0.170. The summed E-state index contributed by atoms with van der Waals surface area (Å²) in [5.74, 6) is 0.977. The summed E-state index contributed by atoms with van der Waals surface area (Å²) in [5.41, 5.74) is 0. The molecule has 19 heavy (non-hydrogen) atoms. The van der Waals surface area contributed by atoms with Crippen LogP contribution in [0.1, 0.15) is 38.5 Å². The van der Waals surface area contributed by atoms with Gasteiger partial charge in [-0.05, 0) is 44.6 Å². The van der Waals surface area contributed by atoms with Crippen LogP contribution >= 0.6 is 0 Å². The standard InChI is InChI=1S/C13H26N2O3S/c16-19(17,11-13-4-1-2-7-14-13)15-8-3-9-18-10-12-5-6-12/h12-15H,1-11H2. The van der Waals surface area contributed by atoms with E-state index in [1.54, 1.807) is 0 Å². The zero-order valence-corrected chi connectivity index (χ0v) is 12.4. The average molecular weight is 290 g/mol. The van der Waals surface area contributed by atoms with Gasteiger partial charge in [0.05, 0.1) is 5.75 Å². The lowest BCUT2D eigenvalue weighted by atomic mass is 10.1. The van der Waals surface area contributed by atoms with E-state index in [-0.39, 0.29) is 11.8 Å². The van der Waals surface area contributed by atoms with Gasteiger partial charge in [-0.25, -0.2) is 13.1 Å². The fraction of sp³-hybridized carbons (Fsp3) is 1.00. The number of piperidine rings is 1. The Kier molecular flexibility index (Phi) is 6.06. The molecule has 6 heteroatoms. The van der Waals surface area contributed by atoms with E-state index in [1.807, 2.05) is 0 Å². The first-order valence-electron chi connectivity index (χ1n) is 7.44. The topological polar surface area (TPSA) is 67.4 Å². The second kappa shape index (κ2) is 7.57. The van der Waals surface area contributed by atoms with Crippen molar-refractivity contribution in [3.63, 3.8) is 0 Å². The van der Waals surface area contributed by atoms with Gasteiger partial charge in [0.2, 0.25) is 10.0 Å². The SMILES string of the molecule is O=S(=O)(CC1CCCCN1)NCCCOCC1CC1. The summed E-state index contributed by atoms with van der Waals surface area (Å²) in [6.07, 6.45) is 6.59. The number of rotatable bonds is 9. The van der Waals surface area contributed by atoms with E-state index in [4.69, 9.17) is 4.74 Å². The van der Waals surface area contributed by atoms with E-state index in [0.717, 1.165) is 44.8 Å². The molecule has 1 aliphatic heterocycles. The highest BCUT2D eigenvalue weighted by Gasteiger charge is 2.21. The lowest BCUT2D eigenvalue weighted by Crippen LogP contribution is -2.42. The van der Waals surface area contributed by atoms with Gasteiger partial charge in [0.15, 0.2) is 0 Å². The van der Waals surface area contributed by atoms with E-state index in [1.165, 1.54) is 12.8 Å². The molecule has 0 aromatic heterocycles. The Labute approximate surface area is 116 Å². The fourth-order valence-electron chi connectivity index (χ4n) is 2.33. The number of nitrogens with one attached hydrogen (secondary N) is 2. The van der Waals surface area contributed by atoms with Crippen molar-refractivity contribution in [2.45, 2.75) is 44.6 Å². The molecule has 1 saturated carbocycles. The van der Waals surface area contributed by atoms with Crippen LogP contribution in [0.15, 0.2) is 0 Å². The molecule has 1 aliphatic carbocycles. The van der Waals surface area contributed by atoms with Crippen LogP contribution in [0.5, 0.6) is 0 Å². The molecule has 0 radical (unpaired) electrons. The van der Waals surface area contributed by atoms with Crippen LogP contribution in [0.4, 0.5) is 0 Å². The normalized spacial score (nSPS) is 24.5. The Morgan fingerprint density at radius 3 is 2.74 bits per heavy atom. The highest BCUT2D eigenvalue weighted by molar-refractivity contribution is 7.89. The summed E-state index contributed by atoms with van der Waals surface area (Å²) in [5, 5.41) is 3.26. The van der Waals surface area contributed by atoms with Crippen LogP contribution in [0, 0.1) is 5.92 Å². The Bertz CT molecular complexity index is 349. The quantitative estimate of drug-likeness (QED) is 0.618. The summed E-state index contributed by atoms with van der Waals surface area (Å²) >= 11 is 0. The fourth-order valence-corrected chi connectivity index (χ4v) is 3.71. The average Bonchev–Trinajstić information content (AvgIpc) is 3.18. The largest absolute Gasteiger partial charge is 0.381 e. The molecule has 0 amide bonds. The molecule has 5 nitrogen and oxygen atoms in total. The Morgan fingerprint density at radius 1 is 1.21 bits per heavy atom. The highest BCUT2D eigenvalue weighted by Crippen LogP contribution is 2.28. The first kappa shape index (κ1) is 15.2. The van der Waals surface area contributed by atoms with Crippen molar-refractivity contribution in [2.75, 3.05) is 32.1 Å². The number of ether oxygens (including phenoxy) is 1. The molecule has 2 rings (SSSR count). The van der Waals surface area contributed by atoms with E-state index < -0.39 is 10.0 Å². The Balaban J connectivity index is 1.52. The van der Waals surface area contributed by atoms with Crippen molar-refractivity contribution in [1.82, 2.24) is 10.0 Å². The van der Waals surface area contributed by atoms with Gasteiger partial charge in [0.25, 0.3) is 0 Å². The summed E-state index contributed by atoms with van der Waals surface area (Å²) in [4.78, 5) is 0. The third-order valence-electron chi connectivity index (χ3n) is 3.67. The van der Waals surface area contributed by atoms with Crippen molar-refractivity contribution in [2.24, 2.45) is 5.92 Å². The zero-order valence-electron chi connectivity index (χ0n) is 11.6. The molecule has 0 aromatic rings. The van der Waals surface area contributed by atoms with Gasteiger partial charge in [0, 0.05) is 25.8 Å². The van der Waals surface area contributed by atoms with E-state index in [9.17, 15) is 8.42 Å². The lowest BCUT2D eigenvalue weighted by Gasteiger charge is -2.23. The second-order valence-corrected chi connectivity index (χ2v) is 7.55. The molecule has 2 N–H and O–H groups in total. The smallest absolute Gasteiger partial charge is 0.213 e. The summed E-state index contributed by atoms with van der Waals surface area (Å²) in [7, 11) is -3.14. The van der Waals surface area contributed by atoms with Crippen LogP contribution in [-0.4, -0.2) is 46.5 Å². The minimum atomic E-state index is -3.14. The molecule has 0 bridgehead atoms.